The summed E-state index contributed by atoms with van der Waals surface area (Å²) in [5, 5.41) is 9.09. The first-order valence-corrected chi connectivity index (χ1v) is 11.8. The van der Waals surface area contributed by atoms with E-state index in [9.17, 15) is 9.59 Å². The molecule has 0 aromatic heterocycles. The number of nitrogens with two attached hydrogens (primary N) is 2. The van der Waals surface area contributed by atoms with Crippen molar-refractivity contribution in [2.75, 3.05) is 19.6 Å². The number of carbonyl (C=O) groups is 2. The van der Waals surface area contributed by atoms with Crippen molar-refractivity contribution in [1.29, 1.82) is 0 Å². The number of carbonyl (C=O) groups excluding carboxylic acids is 1. The van der Waals surface area contributed by atoms with Gasteiger partial charge in [0.05, 0.1) is 6.42 Å². The number of amides is 1. The van der Waals surface area contributed by atoms with Crippen LogP contribution < -0.4 is 11.5 Å². The Hall–Kier alpha value is -0.140. The van der Waals surface area contributed by atoms with Crippen LogP contribution in [0.3, 0.4) is 0 Å². The maximum absolute atomic E-state index is 11.1. The molecule has 0 fully saturated rings. The van der Waals surface area contributed by atoms with E-state index in [0.717, 1.165) is 19.3 Å². The Labute approximate surface area is 208 Å². The monoisotopic (exact) mass is 439 g/mol. The quantitative estimate of drug-likeness (QED) is 0.220. The molecule has 0 saturated carbocycles. The van der Waals surface area contributed by atoms with E-state index in [4.69, 9.17) is 16.6 Å². The summed E-state index contributed by atoms with van der Waals surface area (Å²) in [5.74, 6) is -1.80. The fraction of sp³-hybridized carbons (Fsp3) is 0.913. The van der Waals surface area contributed by atoms with Crippen molar-refractivity contribution in [2.24, 2.45) is 11.5 Å². The summed E-state index contributed by atoms with van der Waals surface area (Å²) >= 11 is 0. The molecule has 0 aliphatic carbocycles. The fourth-order valence-corrected chi connectivity index (χ4v) is 3.37. The standard InChI is InChI=1S/C16H32N2O3.C7H17N.Na.H/c1-2-3-4-5-6-7-8-9-10-11-12-16(18,15(20)21)13-14(17)19;1-4-7-8(5-2)6-3;;/h2-13,18H2,1H3,(H2,17,19)(H,20,21);4-7H2,1-3H3;;. The number of primary amides is 1. The van der Waals surface area contributed by atoms with Crippen molar-refractivity contribution >= 4 is 41.4 Å². The van der Waals surface area contributed by atoms with Gasteiger partial charge in [-0.1, -0.05) is 91.9 Å². The van der Waals surface area contributed by atoms with Crippen LogP contribution in [0.5, 0.6) is 0 Å². The molecule has 30 heavy (non-hydrogen) atoms. The van der Waals surface area contributed by atoms with Crippen molar-refractivity contribution < 1.29 is 14.7 Å². The second-order valence-electron chi connectivity index (χ2n) is 8.06. The number of hydrogen-bond acceptors (Lipinski definition) is 4. The zero-order valence-electron chi connectivity index (χ0n) is 19.7. The minimum atomic E-state index is -1.49. The second kappa shape index (κ2) is 23.5. The van der Waals surface area contributed by atoms with Crippen molar-refractivity contribution in [3.05, 3.63) is 0 Å². The van der Waals surface area contributed by atoms with Gasteiger partial charge in [-0.15, -0.1) is 0 Å². The van der Waals surface area contributed by atoms with Gasteiger partial charge in [0.1, 0.15) is 5.54 Å². The van der Waals surface area contributed by atoms with Gasteiger partial charge in [-0.25, -0.2) is 0 Å². The molecule has 0 aliphatic rings. The summed E-state index contributed by atoms with van der Waals surface area (Å²) in [6, 6.07) is 0. The maximum atomic E-state index is 11.1. The number of nitrogens with zero attached hydrogens (tertiary/aromatic N) is 1. The van der Waals surface area contributed by atoms with Gasteiger partial charge in [0.2, 0.25) is 5.91 Å². The van der Waals surface area contributed by atoms with Crippen LogP contribution in [0.25, 0.3) is 0 Å². The topological polar surface area (TPSA) is 110 Å². The van der Waals surface area contributed by atoms with E-state index in [1.165, 1.54) is 71.0 Å². The molecular weight excluding hydrogens is 389 g/mol. The second-order valence-corrected chi connectivity index (χ2v) is 8.06. The van der Waals surface area contributed by atoms with Gasteiger partial charge in [0.25, 0.3) is 0 Å². The summed E-state index contributed by atoms with van der Waals surface area (Å²) in [6.07, 6.45) is 13.1. The Morgan fingerprint density at radius 3 is 1.53 bits per heavy atom. The molecular formula is C23H50N3NaO3. The van der Waals surface area contributed by atoms with Crippen LogP contribution in [0.4, 0.5) is 0 Å². The van der Waals surface area contributed by atoms with Gasteiger partial charge < -0.3 is 21.5 Å². The Bertz CT molecular complexity index is 407. The van der Waals surface area contributed by atoms with E-state index in [-0.39, 0.29) is 36.0 Å². The van der Waals surface area contributed by atoms with Crippen LogP contribution in [0.1, 0.15) is 111 Å². The van der Waals surface area contributed by atoms with Gasteiger partial charge in [0.15, 0.2) is 0 Å². The normalized spacial score (nSPS) is 12.5. The Morgan fingerprint density at radius 1 is 0.800 bits per heavy atom. The Kier molecular flexibility index (Phi) is 27.0. The summed E-state index contributed by atoms with van der Waals surface area (Å²) in [4.78, 5) is 24.4. The molecule has 0 radical (unpaired) electrons. The van der Waals surface area contributed by atoms with Crippen molar-refractivity contribution in [1.82, 2.24) is 4.90 Å². The van der Waals surface area contributed by atoms with Crippen LogP contribution in [-0.4, -0.2) is 76.6 Å². The van der Waals surface area contributed by atoms with Gasteiger partial charge in [-0.3, -0.25) is 9.59 Å². The molecule has 0 heterocycles. The number of hydrogen-bond donors (Lipinski definition) is 3. The van der Waals surface area contributed by atoms with Gasteiger partial charge in [0, 0.05) is 0 Å². The molecule has 0 aromatic rings. The molecule has 5 N–H and O–H groups in total. The average Bonchev–Trinajstić information content (AvgIpc) is 2.67. The van der Waals surface area contributed by atoms with Crippen LogP contribution in [0.2, 0.25) is 0 Å². The number of carboxylic acid groups (broad SMARTS) is 1. The summed E-state index contributed by atoms with van der Waals surface area (Å²) in [7, 11) is 0. The third-order valence-corrected chi connectivity index (χ3v) is 5.33. The third kappa shape index (κ3) is 21.1. The van der Waals surface area contributed by atoms with Crippen LogP contribution >= 0.6 is 0 Å². The fourth-order valence-electron chi connectivity index (χ4n) is 3.37. The van der Waals surface area contributed by atoms with E-state index < -0.39 is 17.4 Å². The Morgan fingerprint density at radius 2 is 1.23 bits per heavy atom. The van der Waals surface area contributed by atoms with E-state index in [2.05, 4.69) is 32.6 Å². The molecule has 1 amide bonds. The molecule has 1 atom stereocenters. The van der Waals surface area contributed by atoms with Crippen molar-refractivity contribution in [3.63, 3.8) is 0 Å². The van der Waals surface area contributed by atoms with Crippen molar-refractivity contribution in [3.8, 4) is 0 Å². The third-order valence-electron chi connectivity index (χ3n) is 5.33. The van der Waals surface area contributed by atoms with Gasteiger partial charge in [-0.05, 0) is 32.5 Å². The number of rotatable bonds is 18. The first kappa shape index (κ1) is 34.5. The number of carboxylic acids is 1. The first-order valence-electron chi connectivity index (χ1n) is 11.8. The predicted molar refractivity (Wildman–Crippen MR) is 130 cm³/mol. The molecule has 0 aliphatic heterocycles. The van der Waals surface area contributed by atoms with Crippen molar-refractivity contribution in [2.45, 2.75) is 117 Å². The Balaban J connectivity index is -0.000000686. The number of unbranched alkanes of at least 4 members (excludes halogenated alkanes) is 9. The zero-order chi connectivity index (χ0) is 22.5. The van der Waals surface area contributed by atoms with Crippen LogP contribution in [-0.2, 0) is 9.59 Å². The molecule has 0 aromatic carbocycles. The molecule has 0 rings (SSSR count). The average molecular weight is 440 g/mol. The van der Waals surface area contributed by atoms with E-state index in [0.29, 0.717) is 6.42 Å². The van der Waals surface area contributed by atoms with Gasteiger partial charge in [-0.2, -0.15) is 0 Å². The molecule has 7 heteroatoms. The zero-order valence-corrected chi connectivity index (χ0v) is 19.7. The molecule has 176 valence electrons. The van der Waals surface area contributed by atoms with Gasteiger partial charge >= 0.3 is 35.5 Å². The molecule has 0 spiro atoms. The van der Waals surface area contributed by atoms with E-state index in [1.54, 1.807) is 0 Å². The molecule has 0 saturated heterocycles. The minimum absolute atomic E-state index is 0. The summed E-state index contributed by atoms with van der Waals surface area (Å²) in [5.41, 5.74) is 9.31. The summed E-state index contributed by atoms with van der Waals surface area (Å²) < 4.78 is 0. The molecule has 1 unspecified atom stereocenters. The molecule has 0 bridgehead atoms. The predicted octanol–water partition coefficient (Wildman–Crippen LogP) is 4.04. The first-order chi connectivity index (χ1) is 13.8. The van der Waals surface area contributed by atoms with E-state index in [1.807, 2.05) is 0 Å². The molecule has 6 nitrogen and oxygen atoms in total. The van der Waals surface area contributed by atoms with Crippen LogP contribution in [0.15, 0.2) is 0 Å². The van der Waals surface area contributed by atoms with Crippen LogP contribution in [0, 0.1) is 0 Å². The SMILES string of the molecule is CCCCCCCCCCCCC(N)(CC(N)=O)C(=O)O.CCCN(CC)CC.[NaH]. The number of aliphatic carboxylic acids is 1. The van der Waals surface area contributed by atoms with E-state index >= 15 is 0 Å². The summed E-state index contributed by atoms with van der Waals surface area (Å²) in [6.45, 7) is 12.5.